The highest BCUT2D eigenvalue weighted by Crippen LogP contribution is 2.39. The number of nitrogens with zero attached hydrogens (tertiary/aromatic N) is 2. The van der Waals surface area contributed by atoms with Gasteiger partial charge in [0, 0.05) is 17.1 Å². The first-order chi connectivity index (χ1) is 10.6. The van der Waals surface area contributed by atoms with Gasteiger partial charge in [0.05, 0.1) is 5.56 Å². The summed E-state index contributed by atoms with van der Waals surface area (Å²) in [4.78, 5) is 30.4. The van der Waals surface area contributed by atoms with E-state index in [4.69, 9.17) is 0 Å². The lowest BCUT2D eigenvalue weighted by Crippen LogP contribution is -2.51. The standard InChI is InChI=1S/C16H13N3O3/c1-8-5-6-11(15(21)17-8)19-14-13-9(7-12(20)18-14)3-2-4-10(13)16(19)22/h2-4,7,11H,1,5-6H2,(H,17,21)(H,18,20). The highest BCUT2D eigenvalue weighted by atomic mass is 16.3. The predicted octanol–water partition coefficient (Wildman–Crippen LogP) is 1.69. The lowest BCUT2D eigenvalue weighted by atomic mass is 10.0. The Morgan fingerprint density at radius 1 is 1.36 bits per heavy atom. The molecule has 2 aliphatic rings. The first-order valence-corrected chi connectivity index (χ1v) is 7.01. The topological polar surface area (TPSA) is 82.5 Å². The van der Waals surface area contributed by atoms with Crippen LogP contribution in [0, 0.1) is 0 Å². The van der Waals surface area contributed by atoms with Crippen LogP contribution in [0.1, 0.15) is 23.2 Å². The van der Waals surface area contributed by atoms with Crippen molar-refractivity contribution >= 4 is 28.4 Å². The molecule has 1 saturated heterocycles. The first kappa shape index (κ1) is 12.8. The zero-order valence-corrected chi connectivity index (χ0v) is 11.7. The van der Waals surface area contributed by atoms with Gasteiger partial charge in [-0.3, -0.25) is 14.5 Å². The van der Waals surface area contributed by atoms with Crippen molar-refractivity contribution in [2.75, 3.05) is 4.90 Å². The Hall–Kier alpha value is -2.89. The number of aromatic nitrogens is 1. The maximum absolute atomic E-state index is 12.7. The average molecular weight is 295 g/mol. The second kappa shape index (κ2) is 4.30. The summed E-state index contributed by atoms with van der Waals surface area (Å²) < 4.78 is 0. The molecule has 1 unspecified atom stereocenters. The van der Waals surface area contributed by atoms with Gasteiger partial charge in [0.2, 0.25) is 11.8 Å². The number of rotatable bonds is 1. The molecule has 1 atom stereocenters. The molecule has 0 bridgehead atoms. The molecule has 2 N–H and O–H groups in total. The summed E-state index contributed by atoms with van der Waals surface area (Å²) >= 11 is 0. The fourth-order valence-electron chi connectivity index (χ4n) is 3.15. The summed E-state index contributed by atoms with van der Waals surface area (Å²) in [6, 6.07) is 6.16. The predicted molar refractivity (Wildman–Crippen MR) is 80.5 cm³/mol. The van der Waals surface area contributed by atoms with Crippen LogP contribution in [0.2, 0.25) is 0 Å². The van der Waals surface area contributed by atoms with Crippen molar-refractivity contribution in [1.82, 2.24) is 10.3 Å². The number of aromatic hydroxyl groups is 1. The van der Waals surface area contributed by atoms with Crippen molar-refractivity contribution in [2.45, 2.75) is 18.9 Å². The molecular formula is C16H13N3O3. The smallest absolute Gasteiger partial charge is 0.260 e. The van der Waals surface area contributed by atoms with Crippen LogP contribution < -0.4 is 10.2 Å². The number of piperidine rings is 1. The van der Waals surface area contributed by atoms with Crippen LogP contribution in [-0.2, 0) is 4.79 Å². The van der Waals surface area contributed by atoms with Crippen LogP contribution in [0.3, 0.4) is 0 Å². The Morgan fingerprint density at radius 2 is 2.18 bits per heavy atom. The summed E-state index contributed by atoms with van der Waals surface area (Å²) in [6.07, 6.45) is 1.10. The summed E-state index contributed by atoms with van der Waals surface area (Å²) in [5.41, 5.74) is 1.16. The van der Waals surface area contributed by atoms with Crippen LogP contribution in [0.5, 0.6) is 5.88 Å². The Morgan fingerprint density at radius 3 is 2.95 bits per heavy atom. The van der Waals surface area contributed by atoms with Crippen molar-refractivity contribution < 1.29 is 14.7 Å². The number of nitrogens with one attached hydrogen (secondary N) is 1. The summed E-state index contributed by atoms with van der Waals surface area (Å²) in [6.45, 7) is 3.75. The van der Waals surface area contributed by atoms with E-state index in [9.17, 15) is 14.7 Å². The molecular weight excluding hydrogens is 282 g/mol. The third-order valence-corrected chi connectivity index (χ3v) is 4.14. The number of benzene rings is 1. The van der Waals surface area contributed by atoms with Crippen LogP contribution in [0.15, 0.2) is 36.5 Å². The Kier molecular flexibility index (Phi) is 2.51. The minimum Gasteiger partial charge on any atom is -0.493 e. The Bertz CT molecular complexity index is 859. The Labute approximate surface area is 126 Å². The van der Waals surface area contributed by atoms with E-state index < -0.39 is 6.04 Å². The molecule has 1 aromatic carbocycles. The first-order valence-electron chi connectivity index (χ1n) is 7.01. The van der Waals surface area contributed by atoms with E-state index in [0.29, 0.717) is 35.3 Å². The highest BCUT2D eigenvalue weighted by molar-refractivity contribution is 6.25. The highest BCUT2D eigenvalue weighted by Gasteiger charge is 2.40. The van der Waals surface area contributed by atoms with Gasteiger partial charge in [0.25, 0.3) is 5.91 Å². The van der Waals surface area contributed by atoms with Gasteiger partial charge in [0.15, 0.2) is 0 Å². The zero-order valence-electron chi connectivity index (χ0n) is 11.7. The molecule has 110 valence electrons. The molecule has 0 aliphatic carbocycles. The molecule has 1 fully saturated rings. The SMILES string of the molecule is C=C1CCC(N2C(=O)c3cccc4cc(O)nc2c34)C(=O)N1. The van der Waals surface area contributed by atoms with Gasteiger partial charge < -0.3 is 10.4 Å². The molecule has 3 heterocycles. The van der Waals surface area contributed by atoms with Crippen molar-refractivity contribution in [3.8, 4) is 5.88 Å². The van der Waals surface area contributed by atoms with E-state index >= 15 is 0 Å². The van der Waals surface area contributed by atoms with E-state index in [0.717, 1.165) is 5.39 Å². The molecule has 2 amide bonds. The van der Waals surface area contributed by atoms with Gasteiger partial charge in [0.1, 0.15) is 11.9 Å². The third kappa shape index (κ3) is 1.64. The monoisotopic (exact) mass is 295 g/mol. The van der Waals surface area contributed by atoms with E-state index in [1.54, 1.807) is 12.1 Å². The second-order valence-electron chi connectivity index (χ2n) is 5.53. The average Bonchev–Trinajstić information content (AvgIpc) is 2.74. The molecule has 6 nitrogen and oxygen atoms in total. The molecule has 4 rings (SSSR count). The van der Waals surface area contributed by atoms with Crippen molar-refractivity contribution in [3.05, 3.63) is 42.1 Å². The van der Waals surface area contributed by atoms with E-state index in [2.05, 4.69) is 16.9 Å². The van der Waals surface area contributed by atoms with Crippen molar-refractivity contribution in [2.24, 2.45) is 0 Å². The number of allylic oxidation sites excluding steroid dienone is 1. The molecule has 2 aromatic rings. The number of amides is 2. The number of anilines is 1. The molecule has 2 aliphatic heterocycles. The molecule has 6 heteroatoms. The maximum atomic E-state index is 12.7. The van der Waals surface area contributed by atoms with Crippen molar-refractivity contribution in [1.29, 1.82) is 0 Å². The van der Waals surface area contributed by atoms with E-state index in [-0.39, 0.29) is 17.7 Å². The van der Waals surface area contributed by atoms with E-state index in [1.807, 2.05) is 6.07 Å². The minimum absolute atomic E-state index is 0.167. The van der Waals surface area contributed by atoms with Crippen LogP contribution in [-0.4, -0.2) is 27.9 Å². The number of hydrogen-bond acceptors (Lipinski definition) is 4. The van der Waals surface area contributed by atoms with Crippen molar-refractivity contribution in [3.63, 3.8) is 0 Å². The minimum atomic E-state index is -0.636. The number of pyridine rings is 1. The lowest BCUT2D eigenvalue weighted by Gasteiger charge is -2.30. The van der Waals surface area contributed by atoms with Gasteiger partial charge in [-0.1, -0.05) is 18.7 Å². The van der Waals surface area contributed by atoms with Gasteiger partial charge in [-0.2, -0.15) is 4.98 Å². The van der Waals surface area contributed by atoms with Crippen LogP contribution >= 0.6 is 0 Å². The molecule has 22 heavy (non-hydrogen) atoms. The largest absolute Gasteiger partial charge is 0.493 e. The zero-order chi connectivity index (χ0) is 15.4. The summed E-state index contributed by atoms with van der Waals surface area (Å²) in [7, 11) is 0. The normalized spacial score (nSPS) is 20.6. The van der Waals surface area contributed by atoms with Gasteiger partial charge in [-0.25, -0.2) is 0 Å². The maximum Gasteiger partial charge on any atom is 0.260 e. The number of carbonyl (C=O) groups is 2. The fraction of sp³-hybridized carbons (Fsp3) is 0.188. The summed E-state index contributed by atoms with van der Waals surface area (Å²) in [5, 5.41) is 13.9. The van der Waals surface area contributed by atoms with Gasteiger partial charge >= 0.3 is 0 Å². The molecule has 1 aromatic heterocycles. The van der Waals surface area contributed by atoms with Crippen LogP contribution in [0.4, 0.5) is 5.82 Å². The fourth-order valence-corrected chi connectivity index (χ4v) is 3.15. The Balaban J connectivity index is 1.89. The summed E-state index contributed by atoms with van der Waals surface area (Å²) in [5.74, 6) is -0.342. The lowest BCUT2D eigenvalue weighted by molar-refractivity contribution is -0.122. The molecule has 0 radical (unpaired) electrons. The third-order valence-electron chi connectivity index (χ3n) is 4.14. The van der Waals surface area contributed by atoms with Gasteiger partial charge in [-0.05, 0) is 24.3 Å². The quantitative estimate of drug-likeness (QED) is 0.838. The van der Waals surface area contributed by atoms with Gasteiger partial charge in [-0.15, -0.1) is 0 Å². The number of hydrogen-bond donors (Lipinski definition) is 2. The molecule has 0 spiro atoms. The number of carbonyl (C=O) groups excluding carboxylic acids is 2. The van der Waals surface area contributed by atoms with Crippen LogP contribution in [0.25, 0.3) is 10.8 Å². The molecule has 0 saturated carbocycles. The van der Waals surface area contributed by atoms with E-state index in [1.165, 1.54) is 11.0 Å². The second-order valence-corrected chi connectivity index (χ2v) is 5.53.